The number of fused-ring (bicyclic) bond motifs is 3. The molecule has 2 bridgehead atoms. The average Bonchev–Trinajstić information content (AvgIpc) is 3.36. The molecular formula is C20H28N4O2S. The number of hydrogen-bond acceptors (Lipinski definition) is 6. The monoisotopic (exact) mass is 388 g/mol. The summed E-state index contributed by atoms with van der Waals surface area (Å²) in [6, 6.07) is 7.14. The molecule has 2 aromatic rings. The van der Waals surface area contributed by atoms with Crippen LogP contribution in [0.5, 0.6) is 0 Å². The van der Waals surface area contributed by atoms with Gasteiger partial charge >= 0.3 is 0 Å². The molecule has 3 aliphatic rings. The Morgan fingerprint density at radius 3 is 2.93 bits per heavy atom. The Bertz CT molecular complexity index is 745. The van der Waals surface area contributed by atoms with Gasteiger partial charge in [-0.25, -0.2) is 0 Å². The van der Waals surface area contributed by atoms with Crippen LogP contribution in [0.25, 0.3) is 10.6 Å². The maximum Gasteiger partial charge on any atom is 0.273 e. The molecule has 5 heterocycles. The zero-order valence-corrected chi connectivity index (χ0v) is 16.7. The van der Waals surface area contributed by atoms with Crippen molar-refractivity contribution in [3.8, 4) is 10.6 Å². The molecule has 0 spiro atoms. The van der Waals surface area contributed by atoms with E-state index < -0.39 is 0 Å². The molecule has 2 unspecified atom stereocenters. The number of unbranched alkanes of at least 4 members (excludes halogenated alkanes) is 2. The van der Waals surface area contributed by atoms with Crippen LogP contribution in [-0.4, -0.2) is 66.2 Å². The Hall–Kier alpha value is -1.70. The van der Waals surface area contributed by atoms with Gasteiger partial charge in [-0.15, -0.1) is 11.3 Å². The number of thiophene rings is 1. The summed E-state index contributed by atoms with van der Waals surface area (Å²) >= 11 is 1.57. The molecular weight excluding hydrogens is 360 g/mol. The number of nitrogens with one attached hydrogen (secondary N) is 1. The molecule has 0 aromatic carbocycles. The Balaban J connectivity index is 1.12. The van der Waals surface area contributed by atoms with Crippen molar-refractivity contribution in [3.63, 3.8) is 0 Å². The minimum absolute atomic E-state index is 0.155. The van der Waals surface area contributed by atoms with Crippen molar-refractivity contribution in [1.29, 1.82) is 0 Å². The average molecular weight is 389 g/mol. The van der Waals surface area contributed by atoms with Gasteiger partial charge in [0.25, 0.3) is 5.91 Å². The van der Waals surface area contributed by atoms with Crippen LogP contribution < -0.4 is 5.32 Å². The third-order valence-electron chi connectivity index (χ3n) is 5.83. The smallest absolute Gasteiger partial charge is 0.273 e. The second kappa shape index (κ2) is 8.54. The number of rotatable bonds is 8. The van der Waals surface area contributed by atoms with Crippen LogP contribution in [0.2, 0.25) is 0 Å². The molecule has 1 amide bonds. The van der Waals surface area contributed by atoms with Gasteiger partial charge in [-0.05, 0) is 50.7 Å². The summed E-state index contributed by atoms with van der Waals surface area (Å²) in [5.41, 5.74) is 0.354. The van der Waals surface area contributed by atoms with Gasteiger partial charge in [0.05, 0.1) is 4.88 Å². The number of hydrogen-bond donors (Lipinski definition) is 1. The number of carbonyl (C=O) groups excluding carboxylic acids is 1. The third-order valence-corrected chi connectivity index (χ3v) is 6.72. The Morgan fingerprint density at radius 1 is 1.30 bits per heavy atom. The van der Waals surface area contributed by atoms with E-state index in [1.54, 1.807) is 17.4 Å². The molecule has 1 N–H and O–H groups in total. The second-order valence-electron chi connectivity index (χ2n) is 7.69. The molecule has 0 aliphatic carbocycles. The van der Waals surface area contributed by atoms with E-state index in [4.69, 9.17) is 4.52 Å². The van der Waals surface area contributed by atoms with Crippen LogP contribution in [0, 0.1) is 0 Å². The molecule has 146 valence electrons. The summed E-state index contributed by atoms with van der Waals surface area (Å²) < 4.78 is 5.26. The first-order chi connectivity index (χ1) is 13.2. The predicted molar refractivity (Wildman–Crippen MR) is 107 cm³/mol. The number of nitrogens with zero attached hydrogens (tertiary/aromatic N) is 3. The summed E-state index contributed by atoms with van der Waals surface area (Å²) in [4.78, 5) is 18.4. The van der Waals surface area contributed by atoms with Crippen LogP contribution in [0.15, 0.2) is 28.1 Å². The van der Waals surface area contributed by atoms with Crippen LogP contribution in [-0.2, 0) is 0 Å². The Labute approximate surface area is 164 Å². The van der Waals surface area contributed by atoms with Gasteiger partial charge in [0.1, 0.15) is 0 Å². The van der Waals surface area contributed by atoms with E-state index in [0.29, 0.717) is 18.0 Å². The maximum atomic E-state index is 12.2. The standard InChI is InChI=1S/C20H28N4O2S/c1-23-13-16-8-7-15(23)14-24(16)10-4-2-3-9-21-20(25)17-12-18(26-22-17)19-6-5-11-27-19/h5-6,11-12,15-16H,2-4,7-10,13-14H2,1H3,(H,21,25). The number of carbonyl (C=O) groups is 1. The van der Waals surface area contributed by atoms with Crippen molar-refractivity contribution in [1.82, 2.24) is 20.3 Å². The number of aromatic nitrogens is 1. The van der Waals surface area contributed by atoms with E-state index in [1.807, 2.05) is 17.5 Å². The second-order valence-corrected chi connectivity index (χ2v) is 8.64. The van der Waals surface area contributed by atoms with Crippen LogP contribution in [0.3, 0.4) is 0 Å². The highest BCUT2D eigenvalue weighted by atomic mass is 32.1. The van der Waals surface area contributed by atoms with E-state index in [0.717, 1.165) is 29.8 Å². The molecule has 27 heavy (non-hydrogen) atoms. The Kier molecular flexibility index (Phi) is 5.90. The highest BCUT2D eigenvalue weighted by molar-refractivity contribution is 7.13. The Morgan fingerprint density at radius 2 is 2.19 bits per heavy atom. The van der Waals surface area contributed by atoms with E-state index in [-0.39, 0.29) is 5.91 Å². The summed E-state index contributed by atoms with van der Waals surface area (Å²) in [5, 5.41) is 8.81. The van der Waals surface area contributed by atoms with Crippen LogP contribution in [0.1, 0.15) is 42.6 Å². The molecule has 2 aromatic heterocycles. The number of piperidine rings is 2. The zero-order chi connectivity index (χ0) is 18.6. The summed E-state index contributed by atoms with van der Waals surface area (Å²) in [6.07, 6.45) is 6.07. The molecule has 7 heteroatoms. The maximum absolute atomic E-state index is 12.2. The largest absolute Gasteiger partial charge is 0.355 e. The SMILES string of the molecule is CN1CC2CCC1CN2CCCCCNC(=O)c1cc(-c2cccs2)on1. The molecule has 5 rings (SSSR count). The molecule has 0 radical (unpaired) electrons. The van der Waals surface area contributed by atoms with E-state index in [1.165, 1.54) is 38.9 Å². The van der Waals surface area contributed by atoms with Gasteiger partial charge in [0.15, 0.2) is 11.5 Å². The van der Waals surface area contributed by atoms with Gasteiger partial charge < -0.3 is 14.7 Å². The quantitative estimate of drug-likeness (QED) is 0.704. The fourth-order valence-electron chi connectivity index (χ4n) is 4.23. The minimum atomic E-state index is -0.155. The lowest BCUT2D eigenvalue weighted by Crippen LogP contribution is -2.61. The molecule has 3 fully saturated rings. The summed E-state index contributed by atoms with van der Waals surface area (Å²) in [7, 11) is 2.26. The number of amides is 1. The zero-order valence-electron chi connectivity index (χ0n) is 15.9. The lowest BCUT2D eigenvalue weighted by Gasteiger charge is -2.50. The minimum Gasteiger partial charge on any atom is -0.355 e. The van der Waals surface area contributed by atoms with E-state index in [2.05, 4.69) is 27.3 Å². The molecule has 3 aliphatic heterocycles. The third kappa shape index (κ3) is 4.42. The van der Waals surface area contributed by atoms with Crippen molar-refractivity contribution in [3.05, 3.63) is 29.3 Å². The first-order valence-corrected chi connectivity index (χ1v) is 10.8. The molecule has 6 nitrogen and oxygen atoms in total. The lowest BCUT2D eigenvalue weighted by atomic mass is 9.91. The van der Waals surface area contributed by atoms with Crippen LogP contribution >= 0.6 is 11.3 Å². The predicted octanol–water partition coefficient (Wildman–Crippen LogP) is 3.08. The van der Waals surface area contributed by atoms with Crippen molar-refractivity contribution in [2.24, 2.45) is 0 Å². The lowest BCUT2D eigenvalue weighted by molar-refractivity contribution is -0.00692. The van der Waals surface area contributed by atoms with Crippen LogP contribution in [0.4, 0.5) is 0 Å². The van der Waals surface area contributed by atoms with Gasteiger partial charge in [-0.1, -0.05) is 17.6 Å². The fraction of sp³-hybridized carbons (Fsp3) is 0.600. The van der Waals surface area contributed by atoms with Gasteiger partial charge in [-0.3, -0.25) is 9.69 Å². The highest BCUT2D eigenvalue weighted by Gasteiger charge is 2.36. The van der Waals surface area contributed by atoms with Gasteiger partial charge in [-0.2, -0.15) is 0 Å². The van der Waals surface area contributed by atoms with E-state index >= 15 is 0 Å². The topological polar surface area (TPSA) is 61.6 Å². The fourth-order valence-corrected chi connectivity index (χ4v) is 4.90. The van der Waals surface area contributed by atoms with Gasteiger partial charge in [0, 0.05) is 37.8 Å². The van der Waals surface area contributed by atoms with Crippen molar-refractivity contribution in [2.75, 3.05) is 33.2 Å². The molecule has 0 saturated carbocycles. The van der Waals surface area contributed by atoms with Crippen molar-refractivity contribution < 1.29 is 9.32 Å². The van der Waals surface area contributed by atoms with Crippen molar-refractivity contribution >= 4 is 17.2 Å². The molecule has 2 atom stereocenters. The molecule has 3 saturated heterocycles. The summed E-state index contributed by atoms with van der Waals surface area (Å²) in [5.74, 6) is 0.495. The first kappa shape index (κ1) is 18.7. The van der Waals surface area contributed by atoms with E-state index in [9.17, 15) is 4.79 Å². The normalized spacial score (nSPS) is 23.0. The van der Waals surface area contributed by atoms with Crippen molar-refractivity contribution in [2.45, 2.75) is 44.2 Å². The summed E-state index contributed by atoms with van der Waals surface area (Å²) in [6.45, 7) is 4.34. The first-order valence-electron chi connectivity index (χ1n) is 9.94. The number of likely N-dealkylation sites (N-methyl/N-ethyl adjacent to an activating group) is 1. The van der Waals surface area contributed by atoms with Gasteiger partial charge in [0.2, 0.25) is 0 Å². The highest BCUT2D eigenvalue weighted by Crippen LogP contribution is 2.28. The number of piperazine rings is 1.